The molecule has 5 heterocycles. The smallest absolute Gasteiger partial charge is 0.0693 e. The van der Waals surface area contributed by atoms with E-state index >= 15 is 0 Å². The number of aromatic nitrogens is 4. The van der Waals surface area contributed by atoms with Crippen LogP contribution in [0.25, 0.3) is 44.4 Å². The van der Waals surface area contributed by atoms with Crippen molar-refractivity contribution < 1.29 is 0 Å². The van der Waals surface area contributed by atoms with E-state index in [9.17, 15) is 10.5 Å². The molecule has 42 heavy (non-hydrogen) atoms. The Bertz CT molecular complexity index is 1860. The maximum Gasteiger partial charge on any atom is 0.0693 e. The summed E-state index contributed by atoms with van der Waals surface area (Å²) in [5.74, 6) is 0. The van der Waals surface area contributed by atoms with Crippen molar-refractivity contribution in [2.75, 3.05) is 0 Å². The van der Waals surface area contributed by atoms with Crippen LogP contribution in [0.2, 0.25) is 0 Å². The third-order valence-electron chi connectivity index (χ3n) is 8.94. The van der Waals surface area contributed by atoms with Crippen LogP contribution in [-0.4, -0.2) is 19.9 Å². The van der Waals surface area contributed by atoms with Crippen molar-refractivity contribution in [3.8, 4) is 12.1 Å². The maximum atomic E-state index is 9.22. The highest BCUT2D eigenvalue weighted by molar-refractivity contribution is 5.94. The quantitative estimate of drug-likeness (QED) is 0.270. The monoisotopic (exact) mass is 556 g/mol. The Hall–Kier alpha value is -4.42. The summed E-state index contributed by atoms with van der Waals surface area (Å²) in [6.45, 7) is 13.1. The first kappa shape index (κ1) is 29.1. The van der Waals surface area contributed by atoms with Crippen LogP contribution < -0.4 is 0 Å². The van der Waals surface area contributed by atoms with Crippen LogP contribution in [0.15, 0.2) is 24.3 Å². The highest BCUT2D eigenvalue weighted by Crippen LogP contribution is 2.37. The van der Waals surface area contributed by atoms with Gasteiger partial charge in [0.05, 0.1) is 34.9 Å². The first-order valence-electron chi connectivity index (χ1n) is 15.2. The molecule has 2 N–H and O–H groups in total. The van der Waals surface area contributed by atoms with E-state index in [4.69, 9.17) is 9.97 Å². The zero-order valence-electron chi connectivity index (χ0n) is 25.8. The molecule has 6 heteroatoms. The Balaban J connectivity index is 1.90. The lowest BCUT2D eigenvalue weighted by Crippen LogP contribution is -1.88. The fourth-order valence-corrected chi connectivity index (χ4v) is 6.44. The minimum Gasteiger partial charge on any atom is -0.355 e. The predicted molar refractivity (Wildman–Crippen MR) is 173 cm³/mol. The number of aryl methyl sites for hydroxylation is 4. The molecule has 0 fully saturated rings. The molecule has 0 atom stereocenters. The van der Waals surface area contributed by atoms with E-state index in [2.05, 4.69) is 87.9 Å². The molecule has 0 spiro atoms. The molecular formula is C36H40N6. The van der Waals surface area contributed by atoms with Crippen LogP contribution in [0.1, 0.15) is 111 Å². The van der Waals surface area contributed by atoms with Gasteiger partial charge < -0.3 is 9.97 Å². The van der Waals surface area contributed by atoms with Gasteiger partial charge in [-0.1, -0.05) is 13.8 Å². The van der Waals surface area contributed by atoms with Gasteiger partial charge in [0.25, 0.3) is 0 Å². The molecule has 3 aromatic heterocycles. The SMILES string of the molecule is CCC1=C(C)c2cc3[nH]c(cc4nc(cc5[nH]c(cc1n2)c(C)c5CC)C(C)=C4CCCC#N)c(CCCC#N)c3C. The number of aromatic amines is 2. The van der Waals surface area contributed by atoms with E-state index in [0.29, 0.717) is 12.8 Å². The van der Waals surface area contributed by atoms with Crippen LogP contribution in [-0.2, 0) is 12.8 Å². The zero-order valence-corrected chi connectivity index (χ0v) is 25.8. The van der Waals surface area contributed by atoms with Crippen molar-refractivity contribution in [3.63, 3.8) is 0 Å². The highest BCUT2D eigenvalue weighted by Gasteiger charge is 2.20. The molecule has 0 radical (unpaired) electrons. The lowest BCUT2D eigenvalue weighted by atomic mass is 9.99. The molecule has 0 amide bonds. The van der Waals surface area contributed by atoms with Gasteiger partial charge >= 0.3 is 0 Å². The molecule has 2 aliphatic rings. The summed E-state index contributed by atoms with van der Waals surface area (Å²) in [7, 11) is 0. The number of hydrogen-bond donors (Lipinski definition) is 2. The maximum absolute atomic E-state index is 9.22. The molecule has 0 saturated heterocycles. The van der Waals surface area contributed by atoms with E-state index in [1.165, 1.54) is 39.0 Å². The van der Waals surface area contributed by atoms with Gasteiger partial charge in [0.15, 0.2) is 0 Å². The van der Waals surface area contributed by atoms with Gasteiger partial charge in [-0.3, -0.25) is 0 Å². The van der Waals surface area contributed by atoms with Crippen molar-refractivity contribution in [1.82, 2.24) is 19.9 Å². The van der Waals surface area contributed by atoms with Crippen LogP contribution >= 0.6 is 0 Å². The third-order valence-corrected chi connectivity index (χ3v) is 8.94. The summed E-state index contributed by atoms with van der Waals surface area (Å²) in [4.78, 5) is 17.8. The van der Waals surface area contributed by atoms with E-state index in [1.54, 1.807) is 0 Å². The second kappa shape index (κ2) is 12.2. The molecule has 0 unspecified atom stereocenters. The number of nitriles is 2. The van der Waals surface area contributed by atoms with Gasteiger partial charge in [-0.25, -0.2) is 9.97 Å². The number of nitrogens with zero attached hydrogens (tertiary/aromatic N) is 4. The Kier molecular flexibility index (Phi) is 8.46. The minimum absolute atomic E-state index is 0.520. The first-order valence-corrected chi connectivity index (χ1v) is 15.2. The van der Waals surface area contributed by atoms with Crippen molar-refractivity contribution in [3.05, 3.63) is 69.3 Å². The van der Waals surface area contributed by atoms with Crippen molar-refractivity contribution in [1.29, 1.82) is 10.5 Å². The summed E-state index contributed by atoms with van der Waals surface area (Å²) in [6.07, 6.45) is 6.09. The van der Waals surface area contributed by atoms with Gasteiger partial charge in [0, 0.05) is 34.9 Å². The molecule has 8 bridgehead atoms. The van der Waals surface area contributed by atoms with Crippen LogP contribution in [0, 0.1) is 36.5 Å². The Morgan fingerprint density at radius 2 is 1.07 bits per heavy atom. The number of rotatable bonds is 8. The second-order valence-electron chi connectivity index (χ2n) is 11.4. The molecule has 0 aliphatic carbocycles. The molecule has 6 nitrogen and oxygen atoms in total. The van der Waals surface area contributed by atoms with E-state index < -0.39 is 0 Å². The van der Waals surface area contributed by atoms with Gasteiger partial charge in [-0.15, -0.1) is 0 Å². The van der Waals surface area contributed by atoms with Gasteiger partial charge in [0.1, 0.15) is 0 Å². The summed E-state index contributed by atoms with van der Waals surface area (Å²) >= 11 is 0. The van der Waals surface area contributed by atoms with Crippen molar-refractivity contribution >= 4 is 44.4 Å². The number of hydrogen-bond acceptors (Lipinski definition) is 4. The average Bonchev–Trinajstić information content (AvgIpc) is 3.63. The fraction of sp³-hybridized carbons (Fsp3) is 0.389. The number of H-pyrrole nitrogens is 2. The second-order valence-corrected chi connectivity index (χ2v) is 11.4. The summed E-state index contributed by atoms with van der Waals surface area (Å²) in [5.41, 5.74) is 18.0. The standard InChI is InChI=1S/C36H40N6/c1-7-25-21(3)29-17-30-23(5)27(13-9-11-15-37)35(41-30)20-36-28(14-10-12-16-38)24(6)32(42-36)19-34-26(8-2)22(4)31(40-34)18-33(25)39-29/h17-20,40-41H,7-14H2,1-6H3. The molecule has 0 saturated carbocycles. The van der Waals surface area contributed by atoms with E-state index in [-0.39, 0.29) is 0 Å². The Morgan fingerprint density at radius 3 is 1.67 bits per heavy atom. The van der Waals surface area contributed by atoms with Crippen LogP contribution in [0.4, 0.5) is 0 Å². The lowest BCUT2D eigenvalue weighted by molar-refractivity contribution is 0.852. The molecule has 214 valence electrons. The third kappa shape index (κ3) is 5.30. The molecule has 2 aliphatic heterocycles. The summed E-state index contributed by atoms with van der Waals surface area (Å²) in [5, 5.41) is 18.4. The summed E-state index contributed by atoms with van der Waals surface area (Å²) < 4.78 is 0. The topological polar surface area (TPSA) is 105 Å². The van der Waals surface area contributed by atoms with Crippen LogP contribution in [0.5, 0.6) is 0 Å². The van der Waals surface area contributed by atoms with Crippen LogP contribution in [0.3, 0.4) is 0 Å². The van der Waals surface area contributed by atoms with Crippen molar-refractivity contribution in [2.24, 2.45) is 0 Å². The average molecular weight is 557 g/mol. The van der Waals surface area contributed by atoms with Gasteiger partial charge in [-0.2, -0.15) is 10.5 Å². The largest absolute Gasteiger partial charge is 0.355 e. The number of nitrogens with one attached hydrogen (secondary N) is 2. The Morgan fingerprint density at radius 1 is 0.595 bits per heavy atom. The van der Waals surface area contributed by atoms with Gasteiger partial charge in [0.2, 0.25) is 0 Å². The molecular weight excluding hydrogens is 516 g/mol. The normalized spacial score (nSPS) is 13.0. The van der Waals surface area contributed by atoms with Crippen molar-refractivity contribution in [2.45, 2.75) is 92.9 Å². The molecule has 0 aromatic carbocycles. The summed E-state index contributed by atoms with van der Waals surface area (Å²) in [6, 6.07) is 13.4. The lowest BCUT2D eigenvalue weighted by Gasteiger charge is -2.03. The highest BCUT2D eigenvalue weighted by atomic mass is 14.8. The predicted octanol–water partition coefficient (Wildman–Crippen LogP) is 9.31. The Labute approximate surface area is 248 Å². The first-order chi connectivity index (χ1) is 20.3. The molecule has 3 aromatic rings. The van der Waals surface area contributed by atoms with E-state index in [1.807, 2.05) is 0 Å². The molecule has 5 rings (SSSR count). The number of unbranched alkanes of at least 4 members (excludes halogenated alkanes) is 2. The van der Waals surface area contributed by atoms with Gasteiger partial charge in [-0.05, 0) is 135 Å². The zero-order chi connectivity index (χ0) is 30.0. The number of fused-ring (bicyclic) bond motifs is 8. The fourth-order valence-electron chi connectivity index (χ4n) is 6.44. The number of allylic oxidation sites excluding steroid dienone is 4. The minimum atomic E-state index is 0.520. The van der Waals surface area contributed by atoms with E-state index in [0.717, 1.165) is 88.9 Å².